The van der Waals surface area contributed by atoms with Crippen LogP contribution in [0.4, 0.5) is 10.1 Å². The monoisotopic (exact) mass is 424 g/mol. The highest BCUT2D eigenvalue weighted by Crippen LogP contribution is 2.24. The van der Waals surface area contributed by atoms with Crippen LogP contribution in [0.2, 0.25) is 5.02 Å². The molecule has 3 aromatic rings. The zero-order valence-corrected chi connectivity index (χ0v) is 17.5. The molecule has 0 saturated carbocycles. The number of aromatic nitrogens is 2. The molecule has 0 radical (unpaired) electrons. The molecule has 6 nitrogen and oxygen atoms in total. The number of benzene rings is 2. The summed E-state index contributed by atoms with van der Waals surface area (Å²) in [4.78, 5) is 4.78. The van der Waals surface area contributed by atoms with Crippen LogP contribution in [0.1, 0.15) is 19.2 Å². The molecule has 150 valence electrons. The van der Waals surface area contributed by atoms with Crippen molar-refractivity contribution in [2.45, 2.75) is 31.3 Å². The third-order valence-corrected chi connectivity index (χ3v) is 6.44. The Kier molecular flexibility index (Phi) is 5.92. The summed E-state index contributed by atoms with van der Waals surface area (Å²) in [5.41, 5.74) is 1.71. The number of hydrogen-bond donors (Lipinski definition) is 1. The van der Waals surface area contributed by atoms with Crippen LogP contribution in [0, 0.1) is 5.82 Å². The fourth-order valence-corrected chi connectivity index (χ4v) is 4.04. The van der Waals surface area contributed by atoms with Gasteiger partial charge in [-0.25, -0.2) is 22.1 Å². The second kappa shape index (κ2) is 8.06. The molecule has 0 atom stereocenters. The largest absolute Gasteiger partial charge is 0.375 e. The predicted molar refractivity (Wildman–Crippen MR) is 110 cm³/mol. The van der Waals surface area contributed by atoms with Gasteiger partial charge in [0.1, 0.15) is 11.6 Å². The Morgan fingerprint density at radius 2 is 1.96 bits per heavy atom. The lowest BCUT2D eigenvalue weighted by Crippen LogP contribution is -2.22. The van der Waals surface area contributed by atoms with Crippen molar-refractivity contribution < 1.29 is 12.8 Å². The van der Waals surface area contributed by atoms with E-state index in [9.17, 15) is 12.8 Å². The first-order chi connectivity index (χ1) is 13.2. The van der Waals surface area contributed by atoms with Crippen LogP contribution >= 0.6 is 11.6 Å². The zero-order valence-electron chi connectivity index (χ0n) is 15.9. The topological polar surface area (TPSA) is 67.2 Å². The van der Waals surface area contributed by atoms with E-state index >= 15 is 0 Å². The Morgan fingerprint density at radius 3 is 2.64 bits per heavy atom. The van der Waals surface area contributed by atoms with Gasteiger partial charge in [-0.3, -0.25) is 0 Å². The number of nitrogens with zero attached hydrogens (tertiary/aromatic N) is 3. The second-order valence-electron chi connectivity index (χ2n) is 6.60. The van der Waals surface area contributed by atoms with Gasteiger partial charge in [0.2, 0.25) is 10.0 Å². The number of fused-ring (bicyclic) bond motifs is 1. The summed E-state index contributed by atoms with van der Waals surface area (Å²) < 4.78 is 41.9. The molecular formula is C19H22ClFN4O2S. The van der Waals surface area contributed by atoms with Gasteiger partial charge in [-0.2, -0.15) is 0 Å². The maximum Gasteiger partial charge on any atom is 0.242 e. The minimum absolute atomic E-state index is 0.187. The van der Waals surface area contributed by atoms with Crippen molar-refractivity contribution in [2.75, 3.05) is 19.4 Å². The summed E-state index contributed by atoms with van der Waals surface area (Å²) in [5, 5.41) is 3.46. The van der Waals surface area contributed by atoms with E-state index in [1.807, 2.05) is 11.5 Å². The van der Waals surface area contributed by atoms with E-state index in [1.54, 1.807) is 18.2 Å². The van der Waals surface area contributed by atoms with Gasteiger partial charge in [-0.05, 0) is 42.8 Å². The number of hydrogen-bond acceptors (Lipinski definition) is 4. The quantitative estimate of drug-likeness (QED) is 0.620. The molecule has 1 aromatic heterocycles. The van der Waals surface area contributed by atoms with E-state index in [0.717, 1.165) is 11.9 Å². The smallest absolute Gasteiger partial charge is 0.242 e. The Labute approximate surface area is 169 Å². The Hall–Kier alpha value is -2.16. The van der Waals surface area contributed by atoms with Crippen LogP contribution < -0.4 is 5.32 Å². The van der Waals surface area contributed by atoms with Gasteiger partial charge in [0.15, 0.2) is 0 Å². The van der Waals surface area contributed by atoms with Crippen LogP contribution in [-0.2, 0) is 23.1 Å². The highest BCUT2D eigenvalue weighted by atomic mass is 35.5. The molecule has 0 fully saturated rings. The van der Waals surface area contributed by atoms with E-state index in [-0.39, 0.29) is 11.4 Å². The second-order valence-corrected chi connectivity index (χ2v) is 9.18. The summed E-state index contributed by atoms with van der Waals surface area (Å²) >= 11 is 5.94. The third kappa shape index (κ3) is 3.99. The number of imidazole rings is 1. The van der Waals surface area contributed by atoms with Gasteiger partial charge in [0, 0.05) is 25.7 Å². The average molecular weight is 425 g/mol. The Balaban J connectivity index is 1.99. The number of aryl methyl sites for hydroxylation is 1. The number of anilines is 1. The lowest BCUT2D eigenvalue weighted by atomic mass is 10.3. The summed E-state index contributed by atoms with van der Waals surface area (Å²) in [7, 11) is -0.565. The van der Waals surface area contributed by atoms with Gasteiger partial charge in [-0.1, -0.05) is 18.5 Å². The van der Waals surface area contributed by atoms with E-state index in [1.165, 1.54) is 36.6 Å². The molecule has 0 unspecified atom stereocenters. The standard InChI is InChI=1S/C19H22ClFN4O2S/c1-4-9-25-18-8-6-14(28(26,27)24(2)3)11-17(18)23-19(25)12-22-16-10-13(20)5-7-15(16)21/h5-8,10-11,22H,4,9,12H2,1-3H3. The first-order valence-corrected chi connectivity index (χ1v) is 10.7. The molecule has 1 heterocycles. The fraction of sp³-hybridized carbons (Fsp3) is 0.316. The summed E-state index contributed by atoms with van der Waals surface area (Å²) in [6, 6.07) is 9.22. The highest BCUT2D eigenvalue weighted by Gasteiger charge is 2.19. The number of sulfonamides is 1. The normalized spacial score (nSPS) is 12.1. The minimum Gasteiger partial charge on any atom is -0.375 e. The van der Waals surface area contributed by atoms with Crippen molar-refractivity contribution >= 4 is 38.3 Å². The Bertz CT molecular complexity index is 1110. The van der Waals surface area contributed by atoms with E-state index < -0.39 is 15.8 Å². The molecule has 28 heavy (non-hydrogen) atoms. The van der Waals surface area contributed by atoms with Gasteiger partial charge in [0.25, 0.3) is 0 Å². The van der Waals surface area contributed by atoms with E-state index in [2.05, 4.69) is 10.3 Å². The van der Waals surface area contributed by atoms with E-state index in [4.69, 9.17) is 11.6 Å². The molecule has 0 aliphatic rings. The maximum atomic E-state index is 14.0. The van der Waals surface area contributed by atoms with Gasteiger partial charge in [-0.15, -0.1) is 0 Å². The number of nitrogens with one attached hydrogen (secondary N) is 1. The van der Waals surface area contributed by atoms with Crippen molar-refractivity contribution in [3.05, 3.63) is 53.1 Å². The molecule has 0 spiro atoms. The van der Waals surface area contributed by atoms with E-state index in [0.29, 0.717) is 28.6 Å². The molecule has 0 bridgehead atoms. The maximum absolute atomic E-state index is 14.0. The van der Waals surface area contributed by atoms with Crippen molar-refractivity contribution in [3.63, 3.8) is 0 Å². The SMILES string of the molecule is CCCn1c(CNc2cc(Cl)ccc2F)nc2cc(S(=O)(=O)N(C)C)ccc21. The number of halogens is 2. The summed E-state index contributed by atoms with van der Waals surface area (Å²) in [6.07, 6.45) is 0.877. The van der Waals surface area contributed by atoms with Crippen LogP contribution in [0.15, 0.2) is 41.3 Å². The molecule has 0 amide bonds. The van der Waals surface area contributed by atoms with Gasteiger partial charge >= 0.3 is 0 Å². The average Bonchev–Trinajstić information content (AvgIpc) is 2.99. The first-order valence-electron chi connectivity index (χ1n) is 8.84. The number of rotatable bonds is 7. The molecule has 0 aliphatic heterocycles. The van der Waals surface area contributed by atoms with Crippen molar-refractivity contribution in [1.29, 1.82) is 0 Å². The van der Waals surface area contributed by atoms with Crippen LogP contribution in [0.25, 0.3) is 11.0 Å². The summed E-state index contributed by atoms with van der Waals surface area (Å²) in [5.74, 6) is 0.289. The minimum atomic E-state index is -3.55. The van der Waals surface area contributed by atoms with Gasteiger partial charge < -0.3 is 9.88 Å². The van der Waals surface area contributed by atoms with Crippen molar-refractivity contribution in [2.24, 2.45) is 0 Å². The molecular weight excluding hydrogens is 403 g/mol. The predicted octanol–water partition coefficient (Wildman–Crippen LogP) is 4.10. The lowest BCUT2D eigenvalue weighted by molar-refractivity contribution is 0.521. The van der Waals surface area contributed by atoms with Crippen molar-refractivity contribution in [1.82, 2.24) is 13.9 Å². The molecule has 1 N–H and O–H groups in total. The molecule has 9 heteroatoms. The van der Waals surface area contributed by atoms with Crippen LogP contribution in [0.3, 0.4) is 0 Å². The third-order valence-electron chi connectivity index (χ3n) is 4.39. The fourth-order valence-electron chi connectivity index (χ4n) is 2.95. The van der Waals surface area contributed by atoms with Crippen LogP contribution in [0.5, 0.6) is 0 Å². The molecule has 3 rings (SSSR count). The summed E-state index contributed by atoms with van der Waals surface area (Å²) in [6.45, 7) is 3.04. The zero-order chi connectivity index (χ0) is 20.5. The lowest BCUT2D eigenvalue weighted by Gasteiger charge is -2.12. The van der Waals surface area contributed by atoms with Gasteiger partial charge in [0.05, 0.1) is 28.2 Å². The van der Waals surface area contributed by atoms with Crippen molar-refractivity contribution in [3.8, 4) is 0 Å². The van der Waals surface area contributed by atoms with Crippen LogP contribution in [-0.4, -0.2) is 36.4 Å². The first kappa shape index (κ1) is 20.6. The molecule has 0 aliphatic carbocycles. The highest BCUT2D eigenvalue weighted by molar-refractivity contribution is 7.89. The molecule has 0 saturated heterocycles. The Morgan fingerprint density at radius 1 is 1.21 bits per heavy atom. The molecule has 2 aromatic carbocycles.